The van der Waals surface area contributed by atoms with Gasteiger partial charge in [-0.2, -0.15) is 0 Å². The summed E-state index contributed by atoms with van der Waals surface area (Å²) in [5.41, 5.74) is 0.100. The molecule has 0 aromatic carbocycles. The Morgan fingerprint density at radius 3 is 2.65 bits per heavy atom. The SMILES string of the molecule is COC(=O)Cc1c(OC)ncc(C(F)F)c1I. The van der Waals surface area contributed by atoms with Gasteiger partial charge in [-0.3, -0.25) is 4.79 Å². The number of halogens is 3. The molecule has 4 nitrogen and oxygen atoms in total. The molecular formula is C10H10F2INO3. The number of rotatable bonds is 4. The lowest BCUT2D eigenvalue weighted by Crippen LogP contribution is -2.10. The van der Waals surface area contributed by atoms with Crippen LogP contribution in [0.15, 0.2) is 6.20 Å². The molecule has 0 saturated carbocycles. The molecule has 0 aliphatic carbocycles. The molecule has 7 heteroatoms. The Morgan fingerprint density at radius 1 is 1.53 bits per heavy atom. The van der Waals surface area contributed by atoms with Crippen molar-refractivity contribution >= 4 is 28.6 Å². The maximum Gasteiger partial charge on any atom is 0.310 e. The Balaban J connectivity index is 3.22. The van der Waals surface area contributed by atoms with E-state index in [1.807, 2.05) is 0 Å². The van der Waals surface area contributed by atoms with Crippen LogP contribution in [0.25, 0.3) is 0 Å². The molecule has 17 heavy (non-hydrogen) atoms. The smallest absolute Gasteiger partial charge is 0.310 e. The quantitative estimate of drug-likeness (QED) is 0.613. The van der Waals surface area contributed by atoms with Crippen LogP contribution in [-0.4, -0.2) is 25.2 Å². The van der Waals surface area contributed by atoms with E-state index in [4.69, 9.17) is 4.74 Å². The highest BCUT2D eigenvalue weighted by Gasteiger charge is 2.21. The summed E-state index contributed by atoms with van der Waals surface area (Å²) in [6.45, 7) is 0. The van der Waals surface area contributed by atoms with Crippen LogP contribution < -0.4 is 4.74 Å². The van der Waals surface area contributed by atoms with Crippen LogP contribution in [0.5, 0.6) is 5.88 Å². The molecular weight excluding hydrogens is 347 g/mol. The molecule has 1 aromatic rings. The standard InChI is InChI=1S/C10H10F2INO3/c1-16-7(15)3-5-8(13)6(9(11)12)4-14-10(5)17-2/h4,9H,3H2,1-2H3. The molecule has 0 saturated heterocycles. The number of alkyl halides is 2. The average Bonchev–Trinajstić information content (AvgIpc) is 2.30. The summed E-state index contributed by atoms with van der Waals surface area (Å²) in [6, 6.07) is 0. The number of carbonyl (C=O) groups is 1. The molecule has 0 N–H and O–H groups in total. The molecule has 0 aliphatic heterocycles. The van der Waals surface area contributed by atoms with E-state index in [9.17, 15) is 13.6 Å². The molecule has 0 amide bonds. The first-order valence-electron chi connectivity index (χ1n) is 4.57. The molecule has 94 valence electrons. The number of methoxy groups -OCH3 is 2. The van der Waals surface area contributed by atoms with Crippen molar-refractivity contribution < 1.29 is 23.0 Å². The number of carbonyl (C=O) groups excluding carboxylic acids is 1. The summed E-state index contributed by atoms with van der Waals surface area (Å²) in [6.07, 6.45) is -1.74. The largest absolute Gasteiger partial charge is 0.481 e. The first kappa shape index (κ1) is 14.1. The minimum Gasteiger partial charge on any atom is -0.481 e. The van der Waals surface area contributed by atoms with Gasteiger partial charge in [0.2, 0.25) is 5.88 Å². The van der Waals surface area contributed by atoms with Gasteiger partial charge in [-0.05, 0) is 22.6 Å². The van der Waals surface area contributed by atoms with Crippen molar-refractivity contribution in [1.29, 1.82) is 0 Å². The molecule has 0 unspecified atom stereocenters. The van der Waals surface area contributed by atoms with Gasteiger partial charge in [-0.1, -0.05) is 0 Å². The predicted octanol–water partition coefficient (Wildman–Crippen LogP) is 2.35. The van der Waals surface area contributed by atoms with E-state index in [0.29, 0.717) is 5.56 Å². The van der Waals surface area contributed by atoms with E-state index in [1.54, 1.807) is 22.6 Å². The van der Waals surface area contributed by atoms with Crippen LogP contribution in [-0.2, 0) is 16.0 Å². The molecule has 1 rings (SSSR count). The van der Waals surface area contributed by atoms with E-state index in [2.05, 4.69) is 9.72 Å². The van der Waals surface area contributed by atoms with E-state index < -0.39 is 12.4 Å². The summed E-state index contributed by atoms with van der Waals surface area (Å²) in [7, 11) is 2.59. The summed E-state index contributed by atoms with van der Waals surface area (Å²) >= 11 is 1.75. The number of aromatic nitrogens is 1. The molecule has 1 aromatic heterocycles. The van der Waals surface area contributed by atoms with Crippen LogP contribution in [0.1, 0.15) is 17.6 Å². The minimum atomic E-state index is -2.64. The summed E-state index contributed by atoms with van der Waals surface area (Å²) in [4.78, 5) is 14.9. The normalized spacial score (nSPS) is 10.5. The Kier molecular flexibility index (Phi) is 5.03. The van der Waals surface area contributed by atoms with Crippen molar-refractivity contribution in [3.8, 4) is 5.88 Å². The van der Waals surface area contributed by atoms with Gasteiger partial charge < -0.3 is 9.47 Å². The van der Waals surface area contributed by atoms with Crippen molar-refractivity contribution in [2.24, 2.45) is 0 Å². The Bertz CT molecular complexity index is 426. The third kappa shape index (κ3) is 3.24. The monoisotopic (exact) mass is 357 g/mol. The topological polar surface area (TPSA) is 48.4 Å². The van der Waals surface area contributed by atoms with Crippen LogP contribution in [0.2, 0.25) is 0 Å². The van der Waals surface area contributed by atoms with E-state index >= 15 is 0 Å². The summed E-state index contributed by atoms with van der Waals surface area (Å²) in [5.74, 6) is -0.376. The second-order valence-corrected chi connectivity index (χ2v) is 4.15. The number of hydrogen-bond acceptors (Lipinski definition) is 4. The van der Waals surface area contributed by atoms with Crippen LogP contribution in [0.4, 0.5) is 8.78 Å². The van der Waals surface area contributed by atoms with Gasteiger partial charge in [-0.15, -0.1) is 0 Å². The second kappa shape index (κ2) is 6.08. The minimum absolute atomic E-state index is 0.147. The van der Waals surface area contributed by atoms with Gasteiger partial charge in [0.25, 0.3) is 6.43 Å². The fourth-order valence-corrected chi connectivity index (χ4v) is 2.02. The fraction of sp³-hybridized carbons (Fsp3) is 0.400. The number of pyridine rings is 1. The second-order valence-electron chi connectivity index (χ2n) is 3.07. The average molecular weight is 357 g/mol. The van der Waals surface area contributed by atoms with Crippen LogP contribution in [0, 0.1) is 3.57 Å². The van der Waals surface area contributed by atoms with Gasteiger partial charge in [0.1, 0.15) is 0 Å². The van der Waals surface area contributed by atoms with Crippen LogP contribution >= 0.6 is 22.6 Å². The van der Waals surface area contributed by atoms with E-state index in [0.717, 1.165) is 6.20 Å². The van der Waals surface area contributed by atoms with Crippen LogP contribution in [0.3, 0.4) is 0 Å². The molecule has 1 heterocycles. The molecule has 0 bridgehead atoms. The summed E-state index contributed by atoms with van der Waals surface area (Å²) < 4.78 is 35.0. The maximum atomic E-state index is 12.7. The first-order valence-corrected chi connectivity index (χ1v) is 5.65. The zero-order chi connectivity index (χ0) is 13.0. The van der Waals surface area contributed by atoms with E-state index in [1.165, 1.54) is 14.2 Å². The van der Waals surface area contributed by atoms with E-state index in [-0.39, 0.29) is 21.4 Å². The van der Waals surface area contributed by atoms with Gasteiger partial charge in [-0.25, -0.2) is 13.8 Å². The lowest BCUT2D eigenvalue weighted by atomic mass is 10.1. The molecule has 0 atom stereocenters. The number of nitrogens with zero attached hydrogens (tertiary/aromatic N) is 1. The lowest BCUT2D eigenvalue weighted by Gasteiger charge is -2.12. The number of esters is 1. The first-order chi connectivity index (χ1) is 8.01. The zero-order valence-corrected chi connectivity index (χ0v) is 11.3. The third-order valence-corrected chi connectivity index (χ3v) is 3.35. The highest BCUT2D eigenvalue weighted by atomic mass is 127. The Morgan fingerprint density at radius 2 is 2.18 bits per heavy atom. The molecule has 0 aliphatic rings. The van der Waals surface area contributed by atoms with Gasteiger partial charge >= 0.3 is 5.97 Å². The van der Waals surface area contributed by atoms with Gasteiger partial charge in [0.15, 0.2) is 0 Å². The van der Waals surface area contributed by atoms with Crippen molar-refractivity contribution in [2.75, 3.05) is 14.2 Å². The van der Waals surface area contributed by atoms with Crippen molar-refractivity contribution in [1.82, 2.24) is 4.98 Å². The fourth-order valence-electron chi connectivity index (χ4n) is 1.23. The highest BCUT2D eigenvalue weighted by Crippen LogP contribution is 2.31. The van der Waals surface area contributed by atoms with Gasteiger partial charge in [0, 0.05) is 20.9 Å². The summed E-state index contributed by atoms with van der Waals surface area (Å²) in [5, 5.41) is 0. The third-order valence-electron chi connectivity index (χ3n) is 2.07. The Labute approximate surface area is 110 Å². The maximum absolute atomic E-state index is 12.7. The van der Waals surface area contributed by atoms with Crippen molar-refractivity contribution in [3.05, 3.63) is 20.9 Å². The number of hydrogen-bond donors (Lipinski definition) is 0. The zero-order valence-electron chi connectivity index (χ0n) is 9.17. The predicted molar refractivity (Wildman–Crippen MR) is 64.2 cm³/mol. The Hall–Kier alpha value is -0.990. The van der Waals surface area contributed by atoms with Crippen molar-refractivity contribution in [2.45, 2.75) is 12.8 Å². The number of ether oxygens (including phenoxy) is 2. The molecule has 0 spiro atoms. The highest BCUT2D eigenvalue weighted by molar-refractivity contribution is 14.1. The van der Waals surface area contributed by atoms with Gasteiger partial charge in [0.05, 0.1) is 20.6 Å². The van der Waals surface area contributed by atoms with Crippen molar-refractivity contribution in [3.63, 3.8) is 0 Å². The lowest BCUT2D eigenvalue weighted by molar-refractivity contribution is -0.139. The molecule has 0 radical (unpaired) electrons. The molecule has 0 fully saturated rings.